The molecule has 11 aromatic rings. The van der Waals surface area contributed by atoms with Gasteiger partial charge in [-0.25, -0.2) is 0 Å². The lowest BCUT2D eigenvalue weighted by molar-refractivity contribution is 1.28. The maximum Gasteiger partial charge on any atom is 0.0645 e. The zero-order valence-electron chi connectivity index (χ0n) is 38.7. The summed E-state index contributed by atoms with van der Waals surface area (Å²) in [6.07, 6.45) is 0. The average molecular weight is 732 g/mol. The van der Waals surface area contributed by atoms with Crippen molar-refractivity contribution < 1.29 is 11.0 Å². The first kappa shape index (κ1) is 25.6. The first-order chi connectivity index (χ1) is 31.6. The highest BCUT2D eigenvalue weighted by Crippen LogP contribution is 2.41. The van der Waals surface area contributed by atoms with E-state index in [9.17, 15) is 11.0 Å². The second-order valence-electron chi connectivity index (χ2n) is 14.2. The molecule has 266 valence electrons. The van der Waals surface area contributed by atoms with E-state index in [0.717, 1.165) is 65.0 Å². The number of benzene rings is 11. The summed E-state index contributed by atoms with van der Waals surface area (Å²) in [6, 6.07) is 53.8. The largest absolute Gasteiger partial charge is 0.311 e. The Balaban J connectivity index is 1.17. The maximum atomic E-state index is 9.73. The first-order valence-electron chi connectivity index (χ1n) is 23.0. The van der Waals surface area contributed by atoms with Crippen molar-refractivity contribution in [1.82, 2.24) is 0 Å². The van der Waals surface area contributed by atoms with Crippen LogP contribution in [-0.4, -0.2) is 0 Å². The molecule has 0 radical (unpaired) electrons. The van der Waals surface area contributed by atoms with Crippen molar-refractivity contribution in [2.24, 2.45) is 0 Å². The van der Waals surface area contributed by atoms with Gasteiger partial charge in [0.1, 0.15) is 0 Å². The lowest BCUT2D eigenvalue weighted by Gasteiger charge is -2.26. The van der Waals surface area contributed by atoms with E-state index in [1.165, 1.54) is 4.90 Å². The molecule has 0 aromatic heterocycles. The van der Waals surface area contributed by atoms with Crippen LogP contribution < -0.4 is 4.90 Å². The Bertz CT molecular complexity index is 3520. The molecule has 0 atom stereocenters. The molecule has 1 nitrogen and oxygen atoms in total. The zero-order valence-corrected chi connectivity index (χ0v) is 30.7. The van der Waals surface area contributed by atoms with Gasteiger partial charge in [-0.3, -0.25) is 0 Å². The minimum Gasteiger partial charge on any atom is -0.311 e. The van der Waals surface area contributed by atoms with Crippen molar-refractivity contribution in [1.29, 1.82) is 0 Å². The predicted molar refractivity (Wildman–Crippen MR) is 245 cm³/mol. The lowest BCUT2D eigenvalue weighted by Crippen LogP contribution is -2.09. The summed E-state index contributed by atoms with van der Waals surface area (Å²) in [5.41, 5.74) is 3.13. The van der Waals surface area contributed by atoms with E-state index in [2.05, 4.69) is 18.2 Å². The lowest BCUT2D eigenvalue weighted by atomic mass is 9.93. The molecule has 0 N–H and O–H groups in total. The van der Waals surface area contributed by atoms with Crippen LogP contribution in [0.25, 0.3) is 87.2 Å². The minimum atomic E-state index is -0.391. The van der Waals surface area contributed by atoms with E-state index >= 15 is 0 Å². The van der Waals surface area contributed by atoms with Gasteiger partial charge in [-0.05, 0) is 136 Å². The molecule has 0 spiro atoms. The first-order valence-corrected chi connectivity index (χ1v) is 19.0. The highest BCUT2D eigenvalue weighted by atomic mass is 15.1. The Morgan fingerprint density at radius 3 is 1.18 bits per heavy atom. The molecule has 0 saturated carbocycles. The van der Waals surface area contributed by atoms with Gasteiger partial charge in [-0.15, -0.1) is 0 Å². The smallest absolute Gasteiger partial charge is 0.0645 e. The molecule has 0 bridgehead atoms. The van der Waals surface area contributed by atoms with Gasteiger partial charge in [-0.1, -0.05) is 176 Å². The normalized spacial score (nSPS) is 13.5. The number of hydrogen-bond donors (Lipinski definition) is 0. The van der Waals surface area contributed by atoms with Crippen molar-refractivity contribution >= 4 is 70.9 Å². The van der Waals surface area contributed by atoms with Crippen LogP contribution in [0.3, 0.4) is 0 Å². The van der Waals surface area contributed by atoms with Crippen LogP contribution in [-0.2, 0) is 0 Å². The molecule has 0 saturated heterocycles. The van der Waals surface area contributed by atoms with Crippen LogP contribution in [0.1, 0.15) is 11.0 Å². The highest BCUT2D eigenvalue weighted by Gasteiger charge is 2.16. The summed E-state index contributed by atoms with van der Waals surface area (Å²) in [6.45, 7) is 0. The second-order valence-corrected chi connectivity index (χ2v) is 14.2. The topological polar surface area (TPSA) is 3.24 Å². The van der Waals surface area contributed by atoms with E-state index < -0.39 is 24.2 Å². The molecule has 0 unspecified atom stereocenters. The second kappa shape index (κ2) is 13.7. The van der Waals surface area contributed by atoms with Gasteiger partial charge in [0, 0.05) is 17.1 Å². The highest BCUT2D eigenvalue weighted by molar-refractivity contribution is 6.15. The number of rotatable bonds is 6. The van der Waals surface area contributed by atoms with Crippen molar-refractivity contribution in [2.75, 3.05) is 4.90 Å². The van der Waals surface area contributed by atoms with Crippen LogP contribution in [0.4, 0.5) is 17.1 Å². The summed E-state index contributed by atoms with van der Waals surface area (Å²) >= 11 is 0. The molecule has 0 aliphatic carbocycles. The molecular formula is C56H37N. The maximum absolute atomic E-state index is 9.73. The van der Waals surface area contributed by atoms with Crippen molar-refractivity contribution in [2.45, 2.75) is 0 Å². The van der Waals surface area contributed by atoms with Gasteiger partial charge in [0.15, 0.2) is 0 Å². The fraction of sp³-hybridized carbons (Fsp3) is 0. The Labute approximate surface area is 343 Å². The van der Waals surface area contributed by atoms with Crippen molar-refractivity contribution in [3.8, 4) is 33.4 Å². The quantitative estimate of drug-likeness (QED) is 0.154. The standard InChI is InChI=1S/C56H37N/c1-4-16-47-38(12-1)15-11-23-48(47)39-24-30-44(31-25-39)57(45-32-26-40(27-33-45)55-36-42-13-2-5-17-49(42)51-19-7-9-21-53(51)55)46-34-28-41(29-35-46)56-37-43-14-3-6-18-50(43)52-20-8-10-22-54(52)56/h1-37H/i26D,27D,28D,29D,32D,33D,34D,35D. The fourth-order valence-corrected chi connectivity index (χ4v) is 8.26. The van der Waals surface area contributed by atoms with Crippen LogP contribution in [0.15, 0.2) is 224 Å². The molecule has 11 aromatic carbocycles. The SMILES string of the molecule is [2H]c1c([2H])c(N(c2ccc(-c3cccc4ccccc34)cc2)c2c([2H])c([2H])c(-c3cc4ccccc4c4ccccc34)c([2H])c2[2H])c([2H])c([2H])c1-c1cc2ccccc2c2ccccc12. The number of hydrogen-bond acceptors (Lipinski definition) is 1. The number of anilines is 3. The van der Waals surface area contributed by atoms with E-state index in [1.807, 2.05) is 146 Å². The van der Waals surface area contributed by atoms with E-state index in [4.69, 9.17) is 0 Å². The third kappa shape index (κ3) is 5.72. The van der Waals surface area contributed by atoms with Gasteiger partial charge >= 0.3 is 0 Å². The van der Waals surface area contributed by atoms with Crippen LogP contribution in [0, 0.1) is 0 Å². The molecular weight excluding hydrogens is 687 g/mol. The van der Waals surface area contributed by atoms with Gasteiger partial charge in [0.05, 0.1) is 11.0 Å². The Kier molecular flexibility index (Phi) is 6.13. The molecule has 57 heavy (non-hydrogen) atoms. The van der Waals surface area contributed by atoms with Crippen LogP contribution >= 0.6 is 0 Å². The van der Waals surface area contributed by atoms with E-state index in [1.54, 1.807) is 12.1 Å². The van der Waals surface area contributed by atoms with Crippen molar-refractivity contribution in [3.63, 3.8) is 0 Å². The summed E-state index contributed by atoms with van der Waals surface area (Å²) in [7, 11) is 0. The zero-order chi connectivity index (χ0) is 44.7. The molecule has 0 aliphatic rings. The molecule has 0 amide bonds. The molecule has 0 aliphatic heterocycles. The third-order valence-electron chi connectivity index (χ3n) is 11.0. The summed E-state index contributed by atoms with van der Waals surface area (Å²) < 4.78 is 77.5. The van der Waals surface area contributed by atoms with Gasteiger partial charge in [0.25, 0.3) is 0 Å². The average Bonchev–Trinajstić information content (AvgIpc) is 3.35. The number of nitrogens with zero attached hydrogens (tertiary/aromatic N) is 1. The van der Waals surface area contributed by atoms with Crippen LogP contribution in [0.2, 0.25) is 0 Å². The predicted octanol–water partition coefficient (Wildman–Crippen LogP) is 15.9. The van der Waals surface area contributed by atoms with Crippen LogP contribution in [0.5, 0.6) is 0 Å². The van der Waals surface area contributed by atoms with E-state index in [0.29, 0.717) is 16.8 Å². The van der Waals surface area contributed by atoms with Gasteiger partial charge < -0.3 is 4.90 Å². The van der Waals surface area contributed by atoms with E-state index in [-0.39, 0.29) is 46.7 Å². The summed E-state index contributed by atoms with van der Waals surface area (Å²) in [5, 5.41) is 9.27. The molecule has 0 fully saturated rings. The summed E-state index contributed by atoms with van der Waals surface area (Å²) in [5.74, 6) is 0. The number of fused-ring (bicyclic) bond motifs is 7. The third-order valence-corrected chi connectivity index (χ3v) is 11.0. The van der Waals surface area contributed by atoms with Gasteiger partial charge in [-0.2, -0.15) is 0 Å². The molecule has 0 heterocycles. The van der Waals surface area contributed by atoms with Gasteiger partial charge in [0.2, 0.25) is 0 Å². The monoisotopic (exact) mass is 731 g/mol. The Morgan fingerprint density at radius 1 is 0.263 bits per heavy atom. The Hall–Kier alpha value is -7.48. The van der Waals surface area contributed by atoms with Crippen molar-refractivity contribution in [3.05, 3.63) is 224 Å². The Morgan fingerprint density at radius 2 is 0.667 bits per heavy atom. The summed E-state index contributed by atoms with van der Waals surface area (Å²) in [4.78, 5) is 1.37. The fourth-order valence-electron chi connectivity index (χ4n) is 8.26. The minimum absolute atomic E-state index is 0.120. The molecule has 11 rings (SSSR count). The molecule has 1 heteroatoms.